The lowest BCUT2D eigenvalue weighted by Gasteiger charge is -2.03. The lowest BCUT2D eigenvalue weighted by atomic mass is 10.1. The van der Waals surface area contributed by atoms with Crippen LogP contribution in [0.2, 0.25) is 0 Å². The van der Waals surface area contributed by atoms with Crippen LogP contribution in [0.4, 0.5) is 0 Å². The van der Waals surface area contributed by atoms with E-state index in [0.29, 0.717) is 6.37 Å². The Morgan fingerprint density at radius 1 is 1.25 bits per heavy atom. The van der Waals surface area contributed by atoms with E-state index in [1.165, 1.54) is 21.7 Å². The van der Waals surface area contributed by atoms with Crippen molar-refractivity contribution in [3.63, 3.8) is 0 Å². The number of fused-ring (bicyclic) bond motifs is 2. The van der Waals surface area contributed by atoms with E-state index in [1.54, 1.807) is 0 Å². The van der Waals surface area contributed by atoms with Gasteiger partial charge < -0.3 is 0 Å². The minimum atomic E-state index is 0.630. The zero-order chi connectivity index (χ0) is 11.1. The zero-order valence-corrected chi connectivity index (χ0v) is 12.9. The van der Waals surface area contributed by atoms with Gasteiger partial charge in [0.2, 0.25) is 0 Å². The fourth-order valence-corrected chi connectivity index (χ4v) is 4.05. The molecule has 0 aliphatic heterocycles. The molecule has 0 radical (unpaired) electrons. The van der Waals surface area contributed by atoms with Crippen molar-refractivity contribution in [2.45, 2.75) is 0 Å². The quantitative estimate of drug-likeness (QED) is 0.423. The van der Waals surface area contributed by atoms with Gasteiger partial charge in [0, 0.05) is 9.86 Å². The number of nitrogens with zero attached hydrogens (tertiary/aromatic N) is 2. The fourth-order valence-electron chi connectivity index (χ4n) is 1.85. The summed E-state index contributed by atoms with van der Waals surface area (Å²) in [5, 5.41) is 8.06. The van der Waals surface area contributed by atoms with Gasteiger partial charge in [-0.2, -0.15) is 5.10 Å². The van der Waals surface area contributed by atoms with Crippen LogP contribution in [0.25, 0.3) is 21.7 Å². The maximum absolute atomic E-state index is 4.39. The van der Waals surface area contributed by atoms with E-state index in [2.05, 4.69) is 73.4 Å². The first-order valence-electron chi connectivity index (χ1n) is 4.73. The highest BCUT2D eigenvalue weighted by Gasteiger charge is 2.08. The second-order valence-electron chi connectivity index (χ2n) is 3.49. The number of hydrogen-bond donors (Lipinski definition) is 0. The van der Waals surface area contributed by atoms with Crippen molar-refractivity contribution in [1.29, 1.82) is 0 Å². The molecule has 3 aromatic rings. The third-order valence-corrected chi connectivity index (χ3v) is 5.35. The third kappa shape index (κ3) is 1.59. The highest BCUT2D eigenvalue weighted by atomic mass is 127. The van der Waals surface area contributed by atoms with Crippen molar-refractivity contribution >= 4 is 66.0 Å². The predicted octanol–water partition coefficient (Wildman–Crippen LogP) is 4.74. The van der Waals surface area contributed by atoms with Gasteiger partial charge in [0.1, 0.15) is 0 Å². The number of halogens is 2. The van der Waals surface area contributed by atoms with Crippen LogP contribution in [0, 0.1) is 0 Å². The van der Waals surface area contributed by atoms with Crippen LogP contribution in [0.15, 0.2) is 41.0 Å². The summed E-state index contributed by atoms with van der Waals surface area (Å²) in [4.78, 5) is 0. The molecule has 0 aliphatic rings. The van der Waals surface area contributed by atoms with Gasteiger partial charge in [0.25, 0.3) is 0 Å². The van der Waals surface area contributed by atoms with Crippen molar-refractivity contribution in [2.75, 3.05) is 0 Å². The molecule has 0 amide bonds. The summed E-state index contributed by atoms with van der Waals surface area (Å²) >= 11 is 6.02. The van der Waals surface area contributed by atoms with E-state index in [9.17, 15) is 0 Å². The number of aromatic nitrogens is 2. The van der Waals surface area contributed by atoms with E-state index < -0.39 is 0 Å². The third-order valence-electron chi connectivity index (χ3n) is 2.61. The van der Waals surface area contributed by atoms with Gasteiger partial charge >= 0.3 is 0 Å². The fraction of sp³-hybridized carbons (Fsp3) is 0. The molecule has 0 saturated carbocycles. The van der Waals surface area contributed by atoms with E-state index in [-0.39, 0.29) is 0 Å². The number of benzene rings is 2. The Hall–Kier alpha value is -0.190. The van der Waals surface area contributed by atoms with Crippen LogP contribution in [0.1, 0.15) is 0 Å². The molecule has 3 rings (SSSR count). The molecule has 0 spiro atoms. The highest BCUT2D eigenvalue weighted by Crippen LogP contribution is 2.36. The Labute approximate surface area is 116 Å². The largest absolute Gasteiger partial charge is 0.237 e. The van der Waals surface area contributed by atoms with Gasteiger partial charge in [-0.25, -0.2) is 4.45 Å². The Morgan fingerprint density at radius 2 is 2.06 bits per heavy atom. The van der Waals surface area contributed by atoms with Crippen molar-refractivity contribution in [2.24, 2.45) is 0 Å². The van der Waals surface area contributed by atoms with Gasteiger partial charge in [0.15, 0.2) is 0 Å². The first kappa shape index (κ1) is 10.9. The number of hydrogen-bond acceptors (Lipinski definition) is 1. The lowest BCUT2D eigenvalue weighted by molar-refractivity contribution is 1.04. The molecule has 80 valence electrons. The van der Waals surface area contributed by atoms with E-state index in [0.717, 1.165) is 4.47 Å². The average molecular weight is 405 g/mol. The van der Waals surface area contributed by atoms with Crippen LogP contribution < -0.4 is 0 Å². The summed E-state index contributed by atoms with van der Waals surface area (Å²) < 4.78 is 3.18. The minimum Gasteiger partial charge on any atom is -0.237 e. The highest BCUT2D eigenvalue weighted by molar-refractivity contribution is 14.2. The minimum absolute atomic E-state index is 0.630. The molecule has 1 unspecified atom stereocenters. The van der Waals surface area contributed by atoms with Crippen LogP contribution in [0.3, 0.4) is 0 Å². The van der Waals surface area contributed by atoms with Crippen LogP contribution in [-0.4, -0.2) is 9.55 Å². The maximum Gasteiger partial charge on any atom is 0.0747 e. The molecule has 2 aromatic carbocycles. The van der Waals surface area contributed by atoms with Crippen LogP contribution >= 0.6 is 44.3 Å². The van der Waals surface area contributed by atoms with Gasteiger partial charge in [-0.1, -0.05) is 24.3 Å². The second kappa shape index (κ2) is 4.24. The molecular weight excluding hydrogens is 398 g/mol. The molecule has 2 nitrogen and oxygen atoms in total. The topological polar surface area (TPSA) is 17.8 Å². The summed E-state index contributed by atoms with van der Waals surface area (Å²) in [6, 6.07) is 10.6. The van der Waals surface area contributed by atoms with Gasteiger partial charge in [-0.15, -0.1) is 0 Å². The second-order valence-corrected chi connectivity index (χ2v) is 6.32. The summed E-state index contributed by atoms with van der Waals surface area (Å²) in [5.41, 5.74) is 1.19. The Bertz CT molecular complexity index is 680. The molecule has 1 heterocycles. The normalized spacial score (nSPS) is 12.1. The zero-order valence-electron chi connectivity index (χ0n) is 8.11. The molecule has 0 aliphatic carbocycles. The van der Waals surface area contributed by atoms with Crippen molar-refractivity contribution < 1.29 is 0 Å². The predicted molar refractivity (Wildman–Crippen MR) is 82.7 cm³/mol. The Balaban J connectivity index is 2.52. The molecule has 0 fully saturated rings. The lowest BCUT2D eigenvalue weighted by Crippen LogP contribution is -1.83. The molecule has 1 atom stereocenters. The van der Waals surface area contributed by atoms with Crippen molar-refractivity contribution in [3.05, 3.63) is 41.0 Å². The Morgan fingerprint density at radius 3 is 2.88 bits per heavy atom. The summed E-state index contributed by atoms with van der Waals surface area (Å²) in [7, 11) is 0. The van der Waals surface area contributed by atoms with E-state index in [1.807, 2.05) is 10.6 Å². The maximum atomic E-state index is 4.39. The van der Waals surface area contributed by atoms with Crippen LogP contribution in [-0.2, 0) is 0 Å². The SMILES string of the molecule is Brc1c2ccccc2cc2c1cnn2PI. The van der Waals surface area contributed by atoms with E-state index >= 15 is 0 Å². The number of rotatable bonds is 1. The standard InChI is InChI=1S/C11H7BrIN2P/c12-11-8-4-2-1-3-7(8)5-10-9(11)6-14-15(10)16-13/h1-6,16H. The van der Waals surface area contributed by atoms with Crippen molar-refractivity contribution in [3.8, 4) is 0 Å². The molecular formula is C11H7BrIN2P. The molecule has 16 heavy (non-hydrogen) atoms. The summed E-state index contributed by atoms with van der Waals surface area (Å²) in [6.07, 6.45) is 2.56. The first-order chi connectivity index (χ1) is 7.81. The van der Waals surface area contributed by atoms with Gasteiger partial charge in [-0.3, -0.25) is 0 Å². The molecule has 0 N–H and O–H groups in total. The molecule has 1 aromatic heterocycles. The smallest absolute Gasteiger partial charge is 0.0747 e. The van der Waals surface area contributed by atoms with Gasteiger partial charge in [-0.05, 0) is 54.8 Å². The molecule has 0 saturated heterocycles. The van der Waals surface area contributed by atoms with Crippen LogP contribution in [0.5, 0.6) is 0 Å². The monoisotopic (exact) mass is 404 g/mol. The van der Waals surface area contributed by atoms with E-state index in [4.69, 9.17) is 0 Å². The van der Waals surface area contributed by atoms with Crippen molar-refractivity contribution in [1.82, 2.24) is 9.55 Å². The summed E-state index contributed by atoms with van der Waals surface area (Å²) in [5.74, 6) is 0. The first-order valence-corrected chi connectivity index (χ1v) is 9.58. The Kier molecular flexibility index (Phi) is 2.90. The molecule has 0 bridgehead atoms. The van der Waals surface area contributed by atoms with Gasteiger partial charge in [0.05, 0.1) is 18.1 Å². The molecule has 5 heteroatoms. The average Bonchev–Trinajstić information content (AvgIpc) is 2.72. The summed E-state index contributed by atoms with van der Waals surface area (Å²) in [6.45, 7) is 0.